The predicted molar refractivity (Wildman–Crippen MR) is 72.2 cm³/mol. The number of amides is 1. The number of para-hydroxylation sites is 1. The van der Waals surface area contributed by atoms with E-state index in [2.05, 4.69) is 10.6 Å². The molecule has 1 aromatic carbocycles. The van der Waals surface area contributed by atoms with Gasteiger partial charge in [0.15, 0.2) is 0 Å². The maximum Gasteiger partial charge on any atom is 0.234 e. The zero-order valence-corrected chi connectivity index (χ0v) is 11.3. The first-order valence-corrected chi connectivity index (χ1v) is 6.44. The largest absolute Gasteiger partial charge is 0.491 e. The lowest BCUT2D eigenvalue weighted by molar-refractivity contribution is -0.121. The highest BCUT2D eigenvalue weighted by Crippen LogP contribution is 2.31. The van der Waals surface area contributed by atoms with Gasteiger partial charge in [-0.3, -0.25) is 10.1 Å². The van der Waals surface area contributed by atoms with E-state index < -0.39 is 0 Å². The number of carbonyl (C=O) groups is 1. The first kappa shape index (κ1) is 13.8. The summed E-state index contributed by atoms with van der Waals surface area (Å²) < 4.78 is 10.5. The molecular formula is C14H20N2O3. The van der Waals surface area contributed by atoms with Crippen molar-refractivity contribution in [3.8, 4) is 5.75 Å². The molecule has 1 aliphatic rings. The van der Waals surface area contributed by atoms with Crippen LogP contribution < -0.4 is 15.4 Å². The fraction of sp³-hybridized carbons (Fsp3) is 0.500. The zero-order valence-electron chi connectivity index (χ0n) is 11.3. The van der Waals surface area contributed by atoms with Crippen LogP contribution in [0.25, 0.3) is 0 Å². The molecule has 19 heavy (non-hydrogen) atoms. The lowest BCUT2D eigenvalue weighted by Gasteiger charge is -2.15. The van der Waals surface area contributed by atoms with Crippen molar-refractivity contribution in [3.63, 3.8) is 0 Å². The summed E-state index contributed by atoms with van der Waals surface area (Å²) in [7, 11) is 1.62. The van der Waals surface area contributed by atoms with Crippen molar-refractivity contribution in [2.75, 3.05) is 26.9 Å². The molecule has 1 heterocycles. The van der Waals surface area contributed by atoms with Crippen LogP contribution in [0.1, 0.15) is 18.5 Å². The van der Waals surface area contributed by atoms with Gasteiger partial charge in [-0.15, -0.1) is 0 Å². The monoisotopic (exact) mass is 264 g/mol. The molecule has 2 unspecified atom stereocenters. The Balaban J connectivity index is 1.79. The molecule has 2 N–H and O–H groups in total. The fourth-order valence-corrected chi connectivity index (χ4v) is 2.17. The number of carbonyl (C=O) groups excluding carboxylic acids is 1. The van der Waals surface area contributed by atoms with E-state index >= 15 is 0 Å². The molecular weight excluding hydrogens is 244 g/mol. The van der Waals surface area contributed by atoms with Crippen LogP contribution in [0.2, 0.25) is 0 Å². The van der Waals surface area contributed by atoms with Crippen molar-refractivity contribution in [2.45, 2.75) is 19.0 Å². The molecule has 104 valence electrons. The Morgan fingerprint density at radius 1 is 1.53 bits per heavy atom. The van der Waals surface area contributed by atoms with Gasteiger partial charge in [0.25, 0.3) is 0 Å². The van der Waals surface area contributed by atoms with Crippen LogP contribution in [0.5, 0.6) is 5.75 Å². The molecule has 0 radical (unpaired) electrons. The standard InChI is InChI=1S/C14H20N2O3/c1-10(8-18-2)16-14(17)7-15-12-9-19-13-6-4-3-5-11(12)13/h3-6,10,12,15H,7-9H2,1-2H3,(H,16,17). The van der Waals surface area contributed by atoms with Crippen LogP contribution in [0.3, 0.4) is 0 Å². The molecule has 5 nitrogen and oxygen atoms in total. The van der Waals surface area contributed by atoms with Gasteiger partial charge in [-0.05, 0) is 13.0 Å². The highest BCUT2D eigenvalue weighted by atomic mass is 16.5. The van der Waals surface area contributed by atoms with E-state index in [0.717, 1.165) is 11.3 Å². The van der Waals surface area contributed by atoms with Crippen LogP contribution >= 0.6 is 0 Å². The quantitative estimate of drug-likeness (QED) is 0.800. The van der Waals surface area contributed by atoms with Crippen molar-refractivity contribution in [1.82, 2.24) is 10.6 Å². The molecule has 0 saturated carbocycles. The molecule has 0 saturated heterocycles. The van der Waals surface area contributed by atoms with Gasteiger partial charge >= 0.3 is 0 Å². The van der Waals surface area contributed by atoms with Crippen LogP contribution in [0, 0.1) is 0 Å². The van der Waals surface area contributed by atoms with Crippen molar-refractivity contribution < 1.29 is 14.3 Å². The van der Waals surface area contributed by atoms with E-state index in [9.17, 15) is 4.79 Å². The van der Waals surface area contributed by atoms with Crippen LogP contribution in [-0.4, -0.2) is 38.8 Å². The molecule has 1 aromatic rings. The third-order valence-electron chi connectivity index (χ3n) is 3.03. The molecule has 2 atom stereocenters. The molecule has 0 spiro atoms. The highest BCUT2D eigenvalue weighted by molar-refractivity contribution is 5.78. The summed E-state index contributed by atoms with van der Waals surface area (Å²) in [5.74, 6) is 0.863. The maximum atomic E-state index is 11.7. The van der Waals surface area contributed by atoms with Crippen LogP contribution in [0.15, 0.2) is 24.3 Å². The topological polar surface area (TPSA) is 59.6 Å². The first-order chi connectivity index (χ1) is 9.20. The van der Waals surface area contributed by atoms with Crippen molar-refractivity contribution in [1.29, 1.82) is 0 Å². The summed E-state index contributed by atoms with van der Waals surface area (Å²) >= 11 is 0. The van der Waals surface area contributed by atoms with Crippen molar-refractivity contribution >= 4 is 5.91 Å². The number of nitrogens with one attached hydrogen (secondary N) is 2. The Hall–Kier alpha value is -1.59. The second-order valence-electron chi connectivity index (χ2n) is 4.71. The summed E-state index contributed by atoms with van der Waals surface area (Å²) in [5.41, 5.74) is 1.11. The van der Waals surface area contributed by atoms with Crippen molar-refractivity contribution in [3.05, 3.63) is 29.8 Å². The minimum absolute atomic E-state index is 0.0198. The minimum Gasteiger partial charge on any atom is -0.491 e. The normalized spacial score (nSPS) is 18.5. The van der Waals surface area contributed by atoms with Gasteiger partial charge in [0.05, 0.1) is 19.2 Å². The predicted octanol–water partition coefficient (Wildman–Crippen LogP) is 0.861. The molecule has 5 heteroatoms. The molecule has 1 amide bonds. The second-order valence-corrected chi connectivity index (χ2v) is 4.71. The Morgan fingerprint density at radius 3 is 3.11 bits per heavy atom. The Bertz CT molecular complexity index is 436. The van der Waals surface area contributed by atoms with Gasteiger partial charge in [0, 0.05) is 18.7 Å². The summed E-state index contributed by atoms with van der Waals surface area (Å²) in [6, 6.07) is 7.98. The van der Waals surface area contributed by atoms with Gasteiger partial charge < -0.3 is 14.8 Å². The molecule has 1 aliphatic heterocycles. The molecule has 0 aromatic heterocycles. The summed E-state index contributed by atoms with van der Waals surface area (Å²) in [4.78, 5) is 11.7. The second kappa shape index (κ2) is 6.54. The third-order valence-corrected chi connectivity index (χ3v) is 3.03. The van der Waals surface area contributed by atoms with Crippen LogP contribution in [-0.2, 0) is 9.53 Å². The number of methoxy groups -OCH3 is 1. The average Bonchev–Trinajstić information content (AvgIpc) is 2.80. The Kier molecular flexibility index (Phi) is 4.76. The van der Waals surface area contributed by atoms with Gasteiger partial charge in [-0.2, -0.15) is 0 Å². The van der Waals surface area contributed by atoms with E-state index in [-0.39, 0.29) is 24.5 Å². The smallest absolute Gasteiger partial charge is 0.234 e. The number of benzene rings is 1. The summed E-state index contributed by atoms with van der Waals surface area (Å²) in [5, 5.41) is 6.07. The number of hydrogen-bond acceptors (Lipinski definition) is 4. The summed E-state index contributed by atoms with van der Waals surface area (Å²) in [6.07, 6.45) is 0. The van der Waals surface area contributed by atoms with E-state index in [4.69, 9.17) is 9.47 Å². The molecule has 0 bridgehead atoms. The lowest BCUT2D eigenvalue weighted by Crippen LogP contribution is -2.42. The SMILES string of the molecule is COCC(C)NC(=O)CNC1COc2ccccc21. The van der Waals surface area contributed by atoms with E-state index in [0.29, 0.717) is 13.2 Å². The van der Waals surface area contributed by atoms with Gasteiger partial charge in [-0.1, -0.05) is 18.2 Å². The molecule has 0 fully saturated rings. The van der Waals surface area contributed by atoms with E-state index in [1.54, 1.807) is 7.11 Å². The highest BCUT2D eigenvalue weighted by Gasteiger charge is 2.23. The van der Waals surface area contributed by atoms with Gasteiger partial charge in [0.2, 0.25) is 5.91 Å². The average molecular weight is 264 g/mol. The Morgan fingerprint density at radius 2 is 2.32 bits per heavy atom. The molecule has 0 aliphatic carbocycles. The van der Waals surface area contributed by atoms with Gasteiger partial charge in [0.1, 0.15) is 12.4 Å². The van der Waals surface area contributed by atoms with E-state index in [1.165, 1.54) is 0 Å². The molecule has 2 rings (SSSR count). The third kappa shape index (κ3) is 3.68. The van der Waals surface area contributed by atoms with Gasteiger partial charge in [-0.25, -0.2) is 0 Å². The maximum absolute atomic E-state index is 11.7. The Labute approximate surface area is 113 Å². The number of fused-ring (bicyclic) bond motifs is 1. The zero-order chi connectivity index (χ0) is 13.7. The number of ether oxygens (including phenoxy) is 2. The number of rotatable bonds is 6. The lowest BCUT2D eigenvalue weighted by atomic mass is 10.1. The first-order valence-electron chi connectivity index (χ1n) is 6.44. The summed E-state index contributed by atoms with van der Waals surface area (Å²) in [6.45, 7) is 3.27. The van der Waals surface area contributed by atoms with E-state index in [1.807, 2.05) is 31.2 Å². The van der Waals surface area contributed by atoms with Crippen molar-refractivity contribution in [2.24, 2.45) is 0 Å². The fourth-order valence-electron chi connectivity index (χ4n) is 2.17. The number of hydrogen-bond donors (Lipinski definition) is 2. The minimum atomic E-state index is -0.0334. The van der Waals surface area contributed by atoms with Crippen LogP contribution in [0.4, 0.5) is 0 Å².